The van der Waals surface area contributed by atoms with Crippen LogP contribution < -0.4 is 4.74 Å². The van der Waals surface area contributed by atoms with Gasteiger partial charge in [-0.25, -0.2) is 0 Å². The molecule has 0 bridgehead atoms. The summed E-state index contributed by atoms with van der Waals surface area (Å²) in [6.45, 7) is -3.06. The van der Waals surface area contributed by atoms with Crippen molar-refractivity contribution in [2.75, 3.05) is 0 Å². The van der Waals surface area contributed by atoms with Gasteiger partial charge in [0.15, 0.2) is 0 Å². The Balaban J connectivity index is 3.18. The van der Waals surface area contributed by atoms with E-state index in [1.165, 1.54) is 6.07 Å². The quantitative estimate of drug-likeness (QED) is 0.844. The van der Waals surface area contributed by atoms with Crippen LogP contribution >= 0.6 is 22.6 Å². The van der Waals surface area contributed by atoms with E-state index in [4.69, 9.17) is 10.4 Å². The van der Waals surface area contributed by atoms with Crippen LogP contribution in [-0.4, -0.2) is 17.7 Å². The highest BCUT2D eigenvalue weighted by atomic mass is 127. The van der Waals surface area contributed by atoms with Crippen molar-refractivity contribution in [3.8, 4) is 11.8 Å². The Morgan fingerprint density at radius 3 is 2.71 bits per heavy atom. The highest BCUT2D eigenvalue weighted by Gasteiger charge is 2.14. The molecule has 90 valence electrons. The number of nitrogens with zero attached hydrogens (tertiary/aromatic N) is 1. The number of aliphatic carboxylic acids is 1. The van der Waals surface area contributed by atoms with Crippen molar-refractivity contribution in [2.24, 2.45) is 0 Å². The number of hydrogen-bond acceptors (Lipinski definition) is 3. The van der Waals surface area contributed by atoms with E-state index in [1.807, 2.05) is 22.6 Å². The number of carbonyl (C=O) groups is 1. The summed E-state index contributed by atoms with van der Waals surface area (Å²) >= 11 is 1.84. The molecule has 0 saturated carbocycles. The first-order valence-electron chi connectivity index (χ1n) is 4.33. The lowest BCUT2D eigenvalue weighted by atomic mass is 10.1. The molecule has 1 N–H and O–H groups in total. The number of benzene rings is 1. The van der Waals surface area contributed by atoms with Gasteiger partial charge in [0.05, 0.1) is 12.0 Å². The molecule has 17 heavy (non-hydrogen) atoms. The van der Waals surface area contributed by atoms with Gasteiger partial charge in [0.25, 0.3) is 0 Å². The third-order valence-corrected chi connectivity index (χ3v) is 2.83. The van der Waals surface area contributed by atoms with Gasteiger partial charge in [-0.1, -0.05) is 0 Å². The molecule has 0 saturated heterocycles. The zero-order chi connectivity index (χ0) is 13.0. The molecule has 0 radical (unpaired) electrons. The van der Waals surface area contributed by atoms with Crippen molar-refractivity contribution in [3.05, 3.63) is 26.8 Å². The van der Waals surface area contributed by atoms with Crippen molar-refractivity contribution in [1.29, 1.82) is 5.26 Å². The lowest BCUT2D eigenvalue weighted by Gasteiger charge is -2.09. The van der Waals surface area contributed by atoms with Gasteiger partial charge in [-0.3, -0.25) is 4.79 Å². The standard InChI is InChI=1S/C10H6F2INO3/c11-10(12)17-8-2-5(3-9(15)16)7(13)1-6(8)4-14/h1-2,10H,3H2,(H,15,16). The number of hydrogen-bond donors (Lipinski definition) is 1. The summed E-state index contributed by atoms with van der Waals surface area (Å²) in [5.41, 5.74) is 0.275. The second kappa shape index (κ2) is 5.77. The molecule has 0 aliphatic heterocycles. The Labute approximate surface area is 109 Å². The average Bonchev–Trinajstić information content (AvgIpc) is 2.21. The van der Waals surface area contributed by atoms with Crippen molar-refractivity contribution in [1.82, 2.24) is 0 Å². The summed E-state index contributed by atoms with van der Waals surface area (Å²) in [6, 6.07) is 4.18. The first-order chi connectivity index (χ1) is 7.93. The number of nitriles is 1. The molecule has 0 aliphatic rings. The zero-order valence-corrected chi connectivity index (χ0v) is 10.4. The first-order valence-corrected chi connectivity index (χ1v) is 5.41. The van der Waals surface area contributed by atoms with Crippen LogP contribution in [0.15, 0.2) is 12.1 Å². The number of rotatable bonds is 4. The molecule has 1 aromatic carbocycles. The molecule has 0 aromatic heterocycles. The molecule has 1 rings (SSSR count). The molecule has 0 aliphatic carbocycles. The number of halogens is 3. The fraction of sp³-hybridized carbons (Fsp3) is 0.200. The first kappa shape index (κ1) is 13.6. The minimum atomic E-state index is -3.06. The van der Waals surface area contributed by atoms with E-state index in [0.717, 1.165) is 6.07 Å². The van der Waals surface area contributed by atoms with Crippen LogP contribution in [-0.2, 0) is 11.2 Å². The maximum Gasteiger partial charge on any atom is 0.387 e. The topological polar surface area (TPSA) is 70.3 Å². The maximum atomic E-state index is 12.1. The molecule has 0 amide bonds. The molecule has 4 nitrogen and oxygen atoms in total. The van der Waals surface area contributed by atoms with Crippen molar-refractivity contribution >= 4 is 28.6 Å². The predicted molar refractivity (Wildman–Crippen MR) is 61.8 cm³/mol. The Hall–Kier alpha value is -1.43. The smallest absolute Gasteiger partial charge is 0.387 e. The maximum absolute atomic E-state index is 12.1. The lowest BCUT2D eigenvalue weighted by Crippen LogP contribution is -2.07. The van der Waals surface area contributed by atoms with Gasteiger partial charge in [0.1, 0.15) is 11.8 Å². The summed E-state index contributed by atoms with van der Waals surface area (Å²) in [5.74, 6) is -1.39. The van der Waals surface area contributed by atoms with Crippen LogP contribution in [0, 0.1) is 14.9 Å². The minimum Gasteiger partial charge on any atom is -0.481 e. The van der Waals surface area contributed by atoms with Gasteiger partial charge in [-0.15, -0.1) is 0 Å². The van der Waals surface area contributed by atoms with Crippen molar-refractivity contribution in [3.63, 3.8) is 0 Å². The van der Waals surface area contributed by atoms with Crippen LogP contribution in [0.25, 0.3) is 0 Å². The van der Waals surface area contributed by atoms with Crippen molar-refractivity contribution in [2.45, 2.75) is 13.0 Å². The van der Waals surface area contributed by atoms with Crippen LogP contribution in [0.3, 0.4) is 0 Å². The predicted octanol–water partition coefficient (Wildman–Crippen LogP) is 2.39. The van der Waals surface area contributed by atoms with E-state index >= 15 is 0 Å². The van der Waals surface area contributed by atoms with E-state index in [-0.39, 0.29) is 17.7 Å². The zero-order valence-electron chi connectivity index (χ0n) is 8.28. The number of carboxylic acid groups (broad SMARTS) is 1. The summed E-state index contributed by atoms with van der Waals surface area (Å²) in [7, 11) is 0. The van der Waals surface area contributed by atoms with E-state index in [2.05, 4.69) is 4.74 Å². The van der Waals surface area contributed by atoms with Gasteiger partial charge in [-0.05, 0) is 40.3 Å². The third-order valence-electron chi connectivity index (χ3n) is 1.83. The highest BCUT2D eigenvalue weighted by molar-refractivity contribution is 14.1. The van der Waals surface area contributed by atoms with E-state index in [1.54, 1.807) is 6.07 Å². The fourth-order valence-corrected chi connectivity index (χ4v) is 1.83. The van der Waals surface area contributed by atoms with Crippen LogP contribution in [0.2, 0.25) is 0 Å². The second-order valence-electron chi connectivity index (χ2n) is 3.00. The van der Waals surface area contributed by atoms with E-state index < -0.39 is 12.6 Å². The normalized spacial score (nSPS) is 10.1. The summed E-state index contributed by atoms with van der Waals surface area (Å²) < 4.78 is 28.8. The second-order valence-corrected chi connectivity index (χ2v) is 4.16. The van der Waals surface area contributed by atoms with Gasteiger partial charge >= 0.3 is 12.6 Å². The van der Waals surface area contributed by atoms with Crippen LogP contribution in [0.1, 0.15) is 11.1 Å². The van der Waals surface area contributed by atoms with Gasteiger partial charge in [0, 0.05) is 3.57 Å². The molecule has 0 unspecified atom stereocenters. The van der Waals surface area contributed by atoms with Crippen LogP contribution in [0.5, 0.6) is 5.75 Å². The van der Waals surface area contributed by atoms with E-state index in [0.29, 0.717) is 9.13 Å². The lowest BCUT2D eigenvalue weighted by molar-refractivity contribution is -0.136. The number of carboxylic acids is 1. The average molecular weight is 353 g/mol. The molecule has 0 atom stereocenters. The Bertz CT molecular complexity index is 485. The third kappa shape index (κ3) is 3.81. The molecule has 0 heterocycles. The Kier molecular flexibility index (Phi) is 4.62. The van der Waals surface area contributed by atoms with Gasteiger partial charge in [0.2, 0.25) is 0 Å². The summed E-state index contributed by atoms with van der Waals surface area (Å²) in [5, 5.41) is 17.4. The van der Waals surface area contributed by atoms with Gasteiger partial charge in [-0.2, -0.15) is 14.0 Å². The SMILES string of the molecule is N#Cc1cc(I)c(CC(=O)O)cc1OC(F)F. The Morgan fingerprint density at radius 1 is 1.59 bits per heavy atom. The minimum absolute atomic E-state index is 0.0520. The Morgan fingerprint density at radius 2 is 2.24 bits per heavy atom. The van der Waals surface area contributed by atoms with E-state index in [9.17, 15) is 13.6 Å². The molecule has 0 fully saturated rings. The largest absolute Gasteiger partial charge is 0.481 e. The molecular weight excluding hydrogens is 347 g/mol. The number of alkyl halides is 2. The molecule has 1 aromatic rings. The fourth-order valence-electron chi connectivity index (χ4n) is 1.17. The molecule has 0 spiro atoms. The molecule has 7 heteroatoms. The summed E-state index contributed by atoms with van der Waals surface area (Å²) in [4.78, 5) is 10.6. The highest BCUT2D eigenvalue weighted by Crippen LogP contribution is 2.26. The van der Waals surface area contributed by atoms with Crippen molar-refractivity contribution < 1.29 is 23.4 Å². The van der Waals surface area contributed by atoms with Crippen LogP contribution in [0.4, 0.5) is 8.78 Å². The summed E-state index contributed by atoms with van der Waals surface area (Å²) in [6.07, 6.45) is -0.316. The molecular formula is C10H6F2INO3. The van der Waals surface area contributed by atoms with Gasteiger partial charge < -0.3 is 9.84 Å². The number of ether oxygens (including phenoxy) is 1. The monoisotopic (exact) mass is 353 g/mol.